The molecule has 0 unspecified atom stereocenters. The number of carbonyl (C=O) groups excluding carboxylic acids is 1. The lowest BCUT2D eigenvalue weighted by Gasteiger charge is -2.05. The molecular formula is C18H25NO2. The van der Waals surface area contributed by atoms with Crippen LogP contribution in [0.15, 0.2) is 24.3 Å². The molecule has 0 saturated heterocycles. The first-order chi connectivity index (χ1) is 10.2. The maximum absolute atomic E-state index is 11.0. The molecule has 21 heavy (non-hydrogen) atoms. The first-order valence-electron chi connectivity index (χ1n) is 7.72. The van der Waals surface area contributed by atoms with Gasteiger partial charge in [-0.1, -0.05) is 32.3 Å². The molecule has 0 aromatic heterocycles. The highest BCUT2D eigenvalue weighted by atomic mass is 16.5. The third-order valence-corrected chi connectivity index (χ3v) is 3.11. The third-order valence-electron chi connectivity index (χ3n) is 3.11. The van der Waals surface area contributed by atoms with Gasteiger partial charge in [0.05, 0.1) is 6.61 Å². The van der Waals surface area contributed by atoms with E-state index in [2.05, 4.69) is 18.8 Å². The second kappa shape index (κ2) is 10.8. The van der Waals surface area contributed by atoms with E-state index in [1.54, 1.807) is 18.2 Å². The molecule has 0 heterocycles. The summed E-state index contributed by atoms with van der Waals surface area (Å²) in [5, 5.41) is 0. The number of rotatable bonds is 9. The Morgan fingerprint density at radius 2 is 1.90 bits per heavy atom. The fourth-order valence-electron chi connectivity index (χ4n) is 1.91. The molecule has 1 aromatic rings. The van der Waals surface area contributed by atoms with Gasteiger partial charge in [0.15, 0.2) is 0 Å². The minimum atomic E-state index is -0.436. The fraction of sp³-hybridized carbons (Fsp3) is 0.500. The van der Waals surface area contributed by atoms with Gasteiger partial charge in [-0.05, 0) is 31.0 Å². The molecule has 114 valence electrons. The highest BCUT2D eigenvalue weighted by Gasteiger charge is 2.01. The van der Waals surface area contributed by atoms with Gasteiger partial charge >= 0.3 is 0 Å². The van der Waals surface area contributed by atoms with Crippen molar-refractivity contribution in [3.05, 3.63) is 29.8 Å². The standard InChI is InChI=1S/C18H25NO2/c1-2-3-4-5-6-7-8-9-10-14-21-17-13-11-12-16(15-17)18(19)20/h11-13,15H,2-6,9-10,14H2,1H3,(H2,19,20). The number of nitrogens with two attached hydrogens (primary N) is 1. The van der Waals surface area contributed by atoms with E-state index < -0.39 is 5.91 Å². The minimum absolute atomic E-state index is 0.436. The monoisotopic (exact) mass is 287 g/mol. The molecule has 0 radical (unpaired) electrons. The van der Waals surface area contributed by atoms with Gasteiger partial charge in [0, 0.05) is 18.4 Å². The van der Waals surface area contributed by atoms with Crippen LogP contribution in [0, 0.1) is 11.8 Å². The van der Waals surface area contributed by atoms with Crippen molar-refractivity contribution in [3.63, 3.8) is 0 Å². The summed E-state index contributed by atoms with van der Waals surface area (Å²) in [7, 11) is 0. The molecule has 1 aromatic carbocycles. The molecule has 1 rings (SSSR count). The number of ether oxygens (including phenoxy) is 1. The minimum Gasteiger partial charge on any atom is -0.494 e. The Hall–Kier alpha value is -1.95. The topological polar surface area (TPSA) is 52.3 Å². The number of carbonyl (C=O) groups is 1. The molecule has 3 nitrogen and oxygen atoms in total. The molecule has 0 spiro atoms. The number of benzene rings is 1. The average Bonchev–Trinajstić information content (AvgIpc) is 2.49. The zero-order valence-electron chi connectivity index (χ0n) is 12.9. The van der Waals surface area contributed by atoms with Crippen LogP contribution in [0.2, 0.25) is 0 Å². The maximum Gasteiger partial charge on any atom is 0.248 e. The molecule has 1 amide bonds. The molecule has 0 fully saturated rings. The van der Waals surface area contributed by atoms with Gasteiger partial charge in [0.25, 0.3) is 0 Å². The number of primary amides is 1. The van der Waals surface area contributed by atoms with Crippen molar-refractivity contribution in [1.29, 1.82) is 0 Å². The Kier molecular flexibility index (Phi) is 8.79. The predicted octanol–water partition coefficient (Wildman–Crippen LogP) is 3.92. The smallest absolute Gasteiger partial charge is 0.248 e. The summed E-state index contributed by atoms with van der Waals surface area (Å²) in [5.74, 6) is 6.62. The van der Waals surface area contributed by atoms with E-state index in [1.165, 1.54) is 25.7 Å². The molecule has 0 aliphatic rings. The molecule has 0 atom stereocenters. The third kappa shape index (κ3) is 8.04. The van der Waals surface area contributed by atoms with Crippen LogP contribution in [-0.2, 0) is 0 Å². The first kappa shape index (κ1) is 17.1. The second-order valence-electron chi connectivity index (χ2n) is 5.01. The number of amides is 1. The summed E-state index contributed by atoms with van der Waals surface area (Å²) in [6, 6.07) is 6.94. The van der Waals surface area contributed by atoms with Gasteiger partial charge in [0.1, 0.15) is 5.75 Å². The van der Waals surface area contributed by atoms with Crippen LogP contribution in [0.25, 0.3) is 0 Å². The van der Waals surface area contributed by atoms with Gasteiger partial charge in [0.2, 0.25) is 5.91 Å². The quantitative estimate of drug-likeness (QED) is 0.553. The van der Waals surface area contributed by atoms with E-state index in [0.717, 1.165) is 19.3 Å². The first-order valence-corrected chi connectivity index (χ1v) is 7.72. The van der Waals surface area contributed by atoms with Crippen LogP contribution in [0.1, 0.15) is 62.2 Å². The van der Waals surface area contributed by atoms with Crippen LogP contribution >= 0.6 is 0 Å². The van der Waals surface area contributed by atoms with Crippen molar-refractivity contribution in [3.8, 4) is 17.6 Å². The van der Waals surface area contributed by atoms with Crippen molar-refractivity contribution < 1.29 is 9.53 Å². The molecule has 0 bridgehead atoms. The highest BCUT2D eigenvalue weighted by molar-refractivity contribution is 5.93. The van der Waals surface area contributed by atoms with Gasteiger partial charge < -0.3 is 10.5 Å². The molecule has 0 aliphatic carbocycles. The lowest BCUT2D eigenvalue weighted by molar-refractivity contribution is 0.1000. The van der Waals surface area contributed by atoms with Crippen molar-refractivity contribution in [2.75, 3.05) is 6.61 Å². The predicted molar refractivity (Wildman–Crippen MR) is 86.2 cm³/mol. The Bertz CT molecular complexity index is 485. The molecule has 3 heteroatoms. The zero-order valence-corrected chi connectivity index (χ0v) is 12.9. The van der Waals surface area contributed by atoms with Gasteiger partial charge in [-0.15, -0.1) is 11.8 Å². The van der Waals surface area contributed by atoms with E-state index >= 15 is 0 Å². The van der Waals surface area contributed by atoms with Crippen LogP contribution in [0.5, 0.6) is 5.75 Å². The average molecular weight is 287 g/mol. The highest BCUT2D eigenvalue weighted by Crippen LogP contribution is 2.13. The summed E-state index contributed by atoms with van der Waals surface area (Å²) >= 11 is 0. The summed E-state index contributed by atoms with van der Waals surface area (Å²) < 4.78 is 5.58. The molecule has 0 aliphatic heterocycles. The second-order valence-corrected chi connectivity index (χ2v) is 5.01. The van der Waals surface area contributed by atoms with Crippen molar-refractivity contribution in [2.45, 2.75) is 51.9 Å². The Morgan fingerprint density at radius 1 is 1.14 bits per heavy atom. The number of unbranched alkanes of at least 4 members (excludes halogenated alkanes) is 5. The van der Waals surface area contributed by atoms with Crippen molar-refractivity contribution in [2.24, 2.45) is 5.73 Å². The van der Waals surface area contributed by atoms with Crippen molar-refractivity contribution >= 4 is 5.91 Å². The van der Waals surface area contributed by atoms with E-state index in [-0.39, 0.29) is 0 Å². The maximum atomic E-state index is 11.0. The number of hydrogen-bond donors (Lipinski definition) is 1. The largest absolute Gasteiger partial charge is 0.494 e. The Morgan fingerprint density at radius 3 is 2.62 bits per heavy atom. The lowest BCUT2D eigenvalue weighted by Crippen LogP contribution is -2.10. The van der Waals surface area contributed by atoms with E-state index in [1.807, 2.05) is 6.07 Å². The van der Waals surface area contributed by atoms with Gasteiger partial charge in [-0.3, -0.25) is 4.79 Å². The normalized spacial score (nSPS) is 9.76. The molecule has 2 N–H and O–H groups in total. The van der Waals surface area contributed by atoms with Gasteiger partial charge in [-0.2, -0.15) is 0 Å². The van der Waals surface area contributed by atoms with E-state index in [9.17, 15) is 4.79 Å². The zero-order chi connectivity index (χ0) is 15.3. The Balaban J connectivity index is 2.13. The summed E-state index contributed by atoms with van der Waals surface area (Å²) in [5.41, 5.74) is 5.69. The van der Waals surface area contributed by atoms with Crippen LogP contribution in [-0.4, -0.2) is 12.5 Å². The number of hydrogen-bond acceptors (Lipinski definition) is 2. The van der Waals surface area contributed by atoms with Crippen LogP contribution < -0.4 is 10.5 Å². The van der Waals surface area contributed by atoms with E-state index in [4.69, 9.17) is 10.5 Å². The fourth-order valence-corrected chi connectivity index (χ4v) is 1.91. The summed E-state index contributed by atoms with van der Waals surface area (Å²) in [4.78, 5) is 11.0. The Labute approximate surface area is 127 Å². The summed E-state index contributed by atoms with van der Waals surface area (Å²) in [6.07, 6.45) is 7.80. The van der Waals surface area contributed by atoms with Crippen LogP contribution in [0.3, 0.4) is 0 Å². The van der Waals surface area contributed by atoms with Gasteiger partial charge in [-0.25, -0.2) is 0 Å². The molecule has 0 saturated carbocycles. The van der Waals surface area contributed by atoms with E-state index in [0.29, 0.717) is 17.9 Å². The SMILES string of the molecule is CCCCCCC#CCCCOc1cccc(C(N)=O)c1. The summed E-state index contributed by atoms with van der Waals surface area (Å²) in [6.45, 7) is 2.82. The lowest BCUT2D eigenvalue weighted by atomic mass is 10.1. The molecular weight excluding hydrogens is 262 g/mol. The van der Waals surface area contributed by atoms with Crippen LogP contribution in [0.4, 0.5) is 0 Å². The van der Waals surface area contributed by atoms with Crippen molar-refractivity contribution in [1.82, 2.24) is 0 Å².